The van der Waals surface area contributed by atoms with Crippen molar-refractivity contribution in [2.75, 3.05) is 31.6 Å². The molecule has 0 radical (unpaired) electrons. The molecular weight excluding hydrogens is 419 g/mol. The summed E-state index contributed by atoms with van der Waals surface area (Å²) in [5.74, 6) is 0.403. The van der Waals surface area contributed by atoms with Crippen molar-refractivity contribution in [3.63, 3.8) is 0 Å². The number of hydrogen-bond donors (Lipinski definition) is 2. The van der Waals surface area contributed by atoms with Gasteiger partial charge in [0.15, 0.2) is 0 Å². The smallest absolute Gasteiger partial charge is 0.238 e. The van der Waals surface area contributed by atoms with E-state index in [4.69, 9.17) is 16.3 Å². The first-order valence-electron chi connectivity index (χ1n) is 10.3. The Morgan fingerprint density at radius 2 is 2.06 bits per heavy atom. The third-order valence-corrected chi connectivity index (χ3v) is 5.56. The fourth-order valence-corrected chi connectivity index (χ4v) is 3.83. The molecule has 6 nitrogen and oxygen atoms in total. The third-order valence-electron chi connectivity index (χ3n) is 5.31. The number of carbonyl (C=O) groups excluding carboxylic acids is 1. The second kappa shape index (κ2) is 9.94. The maximum atomic E-state index is 13.7. The van der Waals surface area contributed by atoms with Gasteiger partial charge in [-0.15, -0.1) is 0 Å². The van der Waals surface area contributed by atoms with Crippen molar-refractivity contribution in [3.8, 4) is 5.75 Å². The fourth-order valence-electron chi connectivity index (χ4n) is 3.70. The largest absolute Gasteiger partial charge is 0.493 e. The number of benzene rings is 2. The molecule has 0 bridgehead atoms. The molecule has 1 fully saturated rings. The van der Waals surface area contributed by atoms with Gasteiger partial charge >= 0.3 is 0 Å². The highest BCUT2D eigenvalue weighted by Gasteiger charge is 2.27. The summed E-state index contributed by atoms with van der Waals surface area (Å²) in [5, 5.41) is 10.9. The average molecular weight is 443 g/mol. The van der Waals surface area contributed by atoms with Crippen molar-refractivity contribution in [1.82, 2.24) is 15.1 Å². The summed E-state index contributed by atoms with van der Waals surface area (Å²) in [6.07, 6.45) is 1.65. The number of H-pyrrole nitrogens is 1. The molecule has 8 heteroatoms. The van der Waals surface area contributed by atoms with Crippen LogP contribution >= 0.6 is 11.6 Å². The Morgan fingerprint density at radius 1 is 1.26 bits per heavy atom. The Hall–Kier alpha value is -2.90. The van der Waals surface area contributed by atoms with E-state index in [0.29, 0.717) is 11.6 Å². The van der Waals surface area contributed by atoms with Crippen LogP contribution in [0.2, 0.25) is 5.02 Å². The minimum Gasteiger partial charge on any atom is -0.493 e. The summed E-state index contributed by atoms with van der Waals surface area (Å²) in [4.78, 5) is 14.3. The monoisotopic (exact) mass is 442 g/mol. The first kappa shape index (κ1) is 21.3. The molecule has 1 amide bonds. The van der Waals surface area contributed by atoms with Crippen LogP contribution in [0.3, 0.4) is 0 Å². The number of nitrogens with zero attached hydrogens (tertiary/aromatic N) is 2. The first-order valence-corrected chi connectivity index (χ1v) is 10.6. The van der Waals surface area contributed by atoms with Gasteiger partial charge in [0.25, 0.3) is 0 Å². The molecule has 1 aromatic heterocycles. The van der Waals surface area contributed by atoms with Crippen LogP contribution in [0.4, 0.5) is 10.1 Å². The van der Waals surface area contributed by atoms with Gasteiger partial charge in [-0.05, 0) is 55.4 Å². The van der Waals surface area contributed by atoms with E-state index in [9.17, 15) is 9.18 Å². The van der Waals surface area contributed by atoms with E-state index in [1.807, 2.05) is 12.1 Å². The highest BCUT2D eigenvalue weighted by Crippen LogP contribution is 2.26. The number of ether oxygens (including phenoxy) is 1. The van der Waals surface area contributed by atoms with E-state index in [1.165, 1.54) is 6.07 Å². The van der Waals surface area contributed by atoms with Crippen molar-refractivity contribution in [2.24, 2.45) is 0 Å². The maximum Gasteiger partial charge on any atom is 0.238 e. The molecule has 0 unspecified atom stereocenters. The first-order chi connectivity index (χ1) is 15.1. The highest BCUT2D eigenvalue weighted by molar-refractivity contribution is 6.30. The van der Waals surface area contributed by atoms with Gasteiger partial charge in [-0.1, -0.05) is 23.7 Å². The Morgan fingerprint density at radius 3 is 2.87 bits per heavy atom. The molecule has 1 aliphatic rings. The van der Waals surface area contributed by atoms with Gasteiger partial charge in [-0.25, -0.2) is 4.39 Å². The van der Waals surface area contributed by atoms with Gasteiger partial charge in [0.2, 0.25) is 5.91 Å². The zero-order valence-electron chi connectivity index (χ0n) is 17.0. The predicted octanol–water partition coefficient (Wildman–Crippen LogP) is 4.25. The zero-order chi connectivity index (χ0) is 21.6. The van der Waals surface area contributed by atoms with Crippen LogP contribution in [-0.2, 0) is 11.2 Å². The number of aromatic nitrogens is 2. The predicted molar refractivity (Wildman–Crippen MR) is 118 cm³/mol. The van der Waals surface area contributed by atoms with Crippen LogP contribution in [0, 0.1) is 5.82 Å². The molecule has 1 saturated heterocycles. The van der Waals surface area contributed by atoms with Gasteiger partial charge in [-0.3, -0.25) is 14.8 Å². The Bertz CT molecular complexity index is 1020. The van der Waals surface area contributed by atoms with E-state index >= 15 is 0 Å². The second-order valence-corrected chi connectivity index (χ2v) is 8.06. The highest BCUT2D eigenvalue weighted by atomic mass is 35.5. The summed E-state index contributed by atoms with van der Waals surface area (Å²) < 4.78 is 19.4. The molecule has 0 spiro atoms. The van der Waals surface area contributed by atoms with E-state index in [0.717, 1.165) is 43.1 Å². The summed E-state index contributed by atoms with van der Waals surface area (Å²) in [6.45, 7) is 2.32. The lowest BCUT2D eigenvalue weighted by Gasteiger charge is -2.15. The maximum absolute atomic E-state index is 13.7. The molecule has 162 valence electrons. The second-order valence-electron chi connectivity index (χ2n) is 7.62. The summed E-state index contributed by atoms with van der Waals surface area (Å²) in [6, 6.07) is 15.5. The van der Waals surface area contributed by atoms with E-state index in [2.05, 4.69) is 26.5 Å². The van der Waals surface area contributed by atoms with Crippen molar-refractivity contribution >= 4 is 23.2 Å². The molecule has 1 atom stereocenters. The summed E-state index contributed by atoms with van der Waals surface area (Å²) >= 11 is 5.88. The van der Waals surface area contributed by atoms with Crippen LogP contribution < -0.4 is 10.1 Å². The lowest BCUT2D eigenvalue weighted by atomic mass is 10.0. The molecule has 0 saturated carbocycles. The van der Waals surface area contributed by atoms with Gasteiger partial charge in [0, 0.05) is 29.6 Å². The molecule has 2 aromatic carbocycles. The fraction of sp³-hybridized carbons (Fsp3) is 0.304. The lowest BCUT2D eigenvalue weighted by Crippen LogP contribution is -2.31. The molecule has 31 heavy (non-hydrogen) atoms. The number of halogens is 2. The van der Waals surface area contributed by atoms with Crippen molar-refractivity contribution < 1.29 is 13.9 Å². The lowest BCUT2D eigenvalue weighted by molar-refractivity contribution is -0.117. The van der Waals surface area contributed by atoms with Crippen molar-refractivity contribution in [3.05, 3.63) is 76.8 Å². The van der Waals surface area contributed by atoms with Gasteiger partial charge < -0.3 is 10.1 Å². The zero-order valence-corrected chi connectivity index (χ0v) is 17.7. The van der Waals surface area contributed by atoms with Gasteiger partial charge in [0.1, 0.15) is 11.6 Å². The number of carbonyl (C=O) groups is 1. The topological polar surface area (TPSA) is 70.2 Å². The number of anilines is 1. The van der Waals surface area contributed by atoms with Crippen LogP contribution in [0.1, 0.15) is 23.7 Å². The Labute approximate surface area is 185 Å². The van der Waals surface area contributed by atoms with Gasteiger partial charge in [-0.2, -0.15) is 5.10 Å². The van der Waals surface area contributed by atoms with Gasteiger partial charge in [0.05, 0.1) is 24.5 Å². The number of likely N-dealkylation sites (tertiary alicyclic amines) is 1. The van der Waals surface area contributed by atoms with Crippen molar-refractivity contribution in [2.45, 2.75) is 18.8 Å². The normalized spacial score (nSPS) is 16.4. The number of aromatic amines is 1. The Balaban J connectivity index is 1.23. The molecule has 0 aliphatic carbocycles. The summed E-state index contributed by atoms with van der Waals surface area (Å²) in [5.41, 5.74) is 2.22. The van der Waals surface area contributed by atoms with Crippen LogP contribution in [0.5, 0.6) is 5.75 Å². The molecule has 4 rings (SSSR count). The number of rotatable bonds is 8. The molecular formula is C23H24ClFN4O2. The average Bonchev–Trinajstić information content (AvgIpc) is 3.41. The van der Waals surface area contributed by atoms with E-state index < -0.39 is 5.82 Å². The number of para-hydroxylation sites is 1. The number of hydrogen-bond acceptors (Lipinski definition) is 4. The summed E-state index contributed by atoms with van der Waals surface area (Å²) in [7, 11) is 0. The quantitative estimate of drug-likeness (QED) is 0.547. The number of nitrogens with one attached hydrogen (secondary N) is 2. The number of amides is 1. The van der Waals surface area contributed by atoms with Crippen LogP contribution in [0.15, 0.2) is 54.6 Å². The Kier molecular flexibility index (Phi) is 6.84. The molecule has 2 N–H and O–H groups in total. The van der Waals surface area contributed by atoms with Crippen LogP contribution in [0.25, 0.3) is 0 Å². The van der Waals surface area contributed by atoms with Crippen LogP contribution in [-0.4, -0.2) is 47.2 Å². The van der Waals surface area contributed by atoms with E-state index in [-0.39, 0.29) is 24.1 Å². The SMILES string of the molecule is O=C(CN1CC[C@H](c2cc(CCOc3ccc(Cl)cc3)[nH]n2)C1)Nc1ccccc1F. The molecule has 2 heterocycles. The minimum atomic E-state index is -0.431. The molecule has 1 aliphatic heterocycles. The van der Waals surface area contributed by atoms with E-state index in [1.54, 1.807) is 30.3 Å². The third kappa shape index (κ3) is 5.83. The standard InChI is InChI=1S/C23H24ClFN4O2/c24-17-5-7-19(8-6-17)31-12-10-18-13-22(28-27-18)16-9-11-29(14-16)15-23(30)26-21-4-2-1-3-20(21)25/h1-8,13,16H,9-12,14-15H2,(H,26,30)(H,27,28)/t16-/m0/s1. The molecule has 3 aromatic rings. The van der Waals surface area contributed by atoms with Crippen molar-refractivity contribution in [1.29, 1.82) is 0 Å². The minimum absolute atomic E-state index is 0.209.